The fourth-order valence-corrected chi connectivity index (χ4v) is 3.49. The smallest absolute Gasteiger partial charge is 0.0632 e. The summed E-state index contributed by atoms with van der Waals surface area (Å²) >= 11 is 0. The Bertz CT molecular complexity index is 197. The van der Waals surface area contributed by atoms with Gasteiger partial charge in [-0.15, -0.1) is 0 Å². The second kappa shape index (κ2) is 2.25. The molecular weight excluding hydrogens is 148 g/mol. The molecule has 0 aliphatic heterocycles. The molecule has 1 heteroatoms. The third-order valence-corrected chi connectivity index (χ3v) is 5.00. The summed E-state index contributed by atoms with van der Waals surface area (Å²) < 4.78 is 5.58. The molecule has 0 unspecified atom stereocenters. The Morgan fingerprint density at radius 2 is 1.92 bits per heavy atom. The highest BCUT2D eigenvalue weighted by molar-refractivity contribution is 5.10. The van der Waals surface area contributed by atoms with Gasteiger partial charge in [0.25, 0.3) is 0 Å². The van der Waals surface area contributed by atoms with Crippen LogP contribution in [0.2, 0.25) is 0 Å². The average Bonchev–Trinajstić information content (AvgIpc) is 2.34. The molecule has 2 bridgehead atoms. The maximum atomic E-state index is 5.58. The number of hydrogen-bond acceptors (Lipinski definition) is 1. The third kappa shape index (κ3) is 0.736. The van der Waals surface area contributed by atoms with Crippen LogP contribution in [0.15, 0.2) is 0 Å². The zero-order valence-corrected chi connectivity index (χ0v) is 8.68. The van der Waals surface area contributed by atoms with Crippen LogP contribution in [0.5, 0.6) is 0 Å². The molecule has 2 saturated carbocycles. The molecule has 0 aromatic rings. The first-order chi connectivity index (χ1) is 5.52. The number of ether oxygens (including phenoxy) is 1. The van der Waals surface area contributed by atoms with Crippen LogP contribution in [0, 0.1) is 16.7 Å². The van der Waals surface area contributed by atoms with Crippen LogP contribution in [0.4, 0.5) is 0 Å². The predicted molar refractivity (Wildman–Crippen MR) is 50.0 cm³/mol. The van der Waals surface area contributed by atoms with Crippen LogP contribution in [0.3, 0.4) is 0 Å². The van der Waals surface area contributed by atoms with Gasteiger partial charge in [-0.3, -0.25) is 0 Å². The highest BCUT2D eigenvalue weighted by Crippen LogP contribution is 2.66. The lowest BCUT2D eigenvalue weighted by Crippen LogP contribution is -2.36. The minimum absolute atomic E-state index is 0.451. The molecule has 12 heavy (non-hydrogen) atoms. The largest absolute Gasteiger partial charge is 0.381 e. The first-order valence-corrected chi connectivity index (χ1v) is 5.05. The molecule has 3 atom stereocenters. The van der Waals surface area contributed by atoms with E-state index in [1.165, 1.54) is 19.3 Å². The zero-order valence-electron chi connectivity index (χ0n) is 8.68. The van der Waals surface area contributed by atoms with E-state index < -0.39 is 0 Å². The van der Waals surface area contributed by atoms with Gasteiger partial charge >= 0.3 is 0 Å². The van der Waals surface area contributed by atoms with Crippen molar-refractivity contribution in [1.82, 2.24) is 0 Å². The van der Waals surface area contributed by atoms with E-state index in [0.717, 1.165) is 5.92 Å². The molecule has 0 spiro atoms. The second-order valence-electron chi connectivity index (χ2n) is 5.33. The molecule has 0 heterocycles. The van der Waals surface area contributed by atoms with E-state index in [1.54, 1.807) is 0 Å². The molecule has 2 aliphatic rings. The first-order valence-electron chi connectivity index (χ1n) is 5.05. The van der Waals surface area contributed by atoms with Crippen molar-refractivity contribution in [2.24, 2.45) is 16.7 Å². The summed E-state index contributed by atoms with van der Waals surface area (Å²) in [5, 5.41) is 0. The Balaban J connectivity index is 2.33. The topological polar surface area (TPSA) is 9.23 Å². The van der Waals surface area contributed by atoms with Crippen molar-refractivity contribution in [1.29, 1.82) is 0 Å². The summed E-state index contributed by atoms with van der Waals surface area (Å²) in [5.41, 5.74) is 0.958. The Labute approximate surface area is 75.5 Å². The SMILES string of the molecule is CO[C@@H]1C[C@@H]2CC[C@@]1(C)C2(C)C. The van der Waals surface area contributed by atoms with Gasteiger partial charge in [0, 0.05) is 7.11 Å². The van der Waals surface area contributed by atoms with Crippen molar-refractivity contribution >= 4 is 0 Å². The van der Waals surface area contributed by atoms with E-state index >= 15 is 0 Å². The first kappa shape index (κ1) is 8.55. The third-order valence-electron chi connectivity index (χ3n) is 5.00. The molecule has 2 rings (SSSR count). The van der Waals surface area contributed by atoms with E-state index in [9.17, 15) is 0 Å². The summed E-state index contributed by atoms with van der Waals surface area (Å²) in [6, 6.07) is 0. The Hall–Kier alpha value is -0.0400. The van der Waals surface area contributed by atoms with Gasteiger partial charge in [0.15, 0.2) is 0 Å². The van der Waals surface area contributed by atoms with Crippen molar-refractivity contribution in [3.63, 3.8) is 0 Å². The van der Waals surface area contributed by atoms with Crippen LogP contribution in [-0.2, 0) is 4.74 Å². The maximum Gasteiger partial charge on any atom is 0.0632 e. The van der Waals surface area contributed by atoms with Crippen LogP contribution in [0.25, 0.3) is 0 Å². The summed E-state index contributed by atoms with van der Waals surface area (Å²) in [4.78, 5) is 0. The lowest BCUT2D eigenvalue weighted by atomic mass is 9.70. The Morgan fingerprint density at radius 1 is 1.25 bits per heavy atom. The molecular formula is C11H20O. The van der Waals surface area contributed by atoms with Crippen molar-refractivity contribution in [2.45, 2.75) is 46.1 Å². The molecule has 0 aromatic heterocycles. The fourth-order valence-electron chi connectivity index (χ4n) is 3.49. The van der Waals surface area contributed by atoms with Crippen LogP contribution in [-0.4, -0.2) is 13.2 Å². The van der Waals surface area contributed by atoms with Gasteiger partial charge in [-0.2, -0.15) is 0 Å². The van der Waals surface area contributed by atoms with Gasteiger partial charge in [0.2, 0.25) is 0 Å². The van der Waals surface area contributed by atoms with E-state index in [-0.39, 0.29) is 0 Å². The predicted octanol–water partition coefficient (Wildman–Crippen LogP) is 2.85. The fraction of sp³-hybridized carbons (Fsp3) is 1.00. The number of rotatable bonds is 1. The summed E-state index contributed by atoms with van der Waals surface area (Å²) in [6.07, 6.45) is 4.60. The lowest BCUT2D eigenvalue weighted by Gasteiger charge is -2.38. The van der Waals surface area contributed by atoms with E-state index in [4.69, 9.17) is 4.74 Å². The number of fused-ring (bicyclic) bond motifs is 2. The molecule has 1 nitrogen and oxygen atoms in total. The van der Waals surface area contributed by atoms with Gasteiger partial charge in [0.1, 0.15) is 0 Å². The van der Waals surface area contributed by atoms with Gasteiger partial charge < -0.3 is 4.74 Å². The van der Waals surface area contributed by atoms with Crippen LogP contribution >= 0.6 is 0 Å². The molecule has 2 fully saturated rings. The molecule has 0 aromatic carbocycles. The molecule has 0 amide bonds. The van der Waals surface area contributed by atoms with Crippen LogP contribution < -0.4 is 0 Å². The highest BCUT2D eigenvalue weighted by Gasteiger charge is 2.61. The quantitative estimate of drug-likeness (QED) is 0.585. The van der Waals surface area contributed by atoms with Crippen molar-refractivity contribution in [3.05, 3.63) is 0 Å². The van der Waals surface area contributed by atoms with Gasteiger partial charge in [-0.25, -0.2) is 0 Å². The average molecular weight is 168 g/mol. The minimum Gasteiger partial charge on any atom is -0.381 e. The summed E-state index contributed by atoms with van der Waals surface area (Å²) in [5.74, 6) is 0.910. The van der Waals surface area contributed by atoms with E-state index in [0.29, 0.717) is 16.9 Å². The highest BCUT2D eigenvalue weighted by atomic mass is 16.5. The Kier molecular flexibility index (Phi) is 1.61. The molecule has 2 aliphatic carbocycles. The Morgan fingerprint density at radius 3 is 2.17 bits per heavy atom. The molecule has 0 radical (unpaired) electrons. The van der Waals surface area contributed by atoms with Crippen LogP contribution in [0.1, 0.15) is 40.0 Å². The summed E-state index contributed by atoms with van der Waals surface area (Å²) in [6.45, 7) is 7.25. The molecule has 0 saturated heterocycles. The van der Waals surface area contributed by atoms with Crippen molar-refractivity contribution < 1.29 is 4.74 Å². The lowest BCUT2D eigenvalue weighted by molar-refractivity contribution is -0.0200. The summed E-state index contributed by atoms with van der Waals surface area (Å²) in [7, 11) is 1.87. The monoisotopic (exact) mass is 168 g/mol. The molecule has 0 N–H and O–H groups in total. The minimum atomic E-state index is 0.451. The zero-order chi connectivity index (χ0) is 8.98. The number of methoxy groups -OCH3 is 1. The van der Waals surface area contributed by atoms with Crippen molar-refractivity contribution in [2.75, 3.05) is 7.11 Å². The van der Waals surface area contributed by atoms with Gasteiger partial charge in [0.05, 0.1) is 6.10 Å². The second-order valence-corrected chi connectivity index (χ2v) is 5.33. The van der Waals surface area contributed by atoms with Crippen molar-refractivity contribution in [3.8, 4) is 0 Å². The number of hydrogen-bond donors (Lipinski definition) is 0. The van der Waals surface area contributed by atoms with E-state index in [1.807, 2.05) is 7.11 Å². The van der Waals surface area contributed by atoms with Gasteiger partial charge in [-0.1, -0.05) is 20.8 Å². The standard InChI is InChI=1S/C11H20O/c1-10(2)8-5-6-11(10,3)9(7-8)12-4/h8-9H,5-7H2,1-4H3/t8-,9+,11+/m0/s1. The maximum absolute atomic E-state index is 5.58. The van der Waals surface area contributed by atoms with E-state index in [2.05, 4.69) is 20.8 Å². The normalized spacial score (nSPS) is 50.0. The van der Waals surface area contributed by atoms with Gasteiger partial charge in [-0.05, 0) is 36.0 Å². The molecule has 70 valence electrons.